The van der Waals surface area contributed by atoms with Crippen LogP contribution < -0.4 is 0 Å². The standard InChI is InChI=1S/C17H25FO4Si/c1-16(2,3)23(4,5)22-14-9-17(21,10-15(19)20)13-8-11(18)6-7-12(13)14/h6-8,14,21H,9-10H2,1-5H3,(H,19,20). The number of fused-ring (bicyclic) bond motifs is 1. The lowest BCUT2D eigenvalue weighted by Gasteiger charge is -2.38. The van der Waals surface area contributed by atoms with Gasteiger partial charge in [0.1, 0.15) is 11.4 Å². The van der Waals surface area contributed by atoms with Crippen molar-refractivity contribution in [3.63, 3.8) is 0 Å². The van der Waals surface area contributed by atoms with Crippen LogP contribution in [0, 0.1) is 5.82 Å². The van der Waals surface area contributed by atoms with Crippen molar-refractivity contribution in [3.8, 4) is 0 Å². The average molecular weight is 340 g/mol. The van der Waals surface area contributed by atoms with E-state index in [1.165, 1.54) is 12.1 Å². The molecule has 1 aromatic carbocycles. The van der Waals surface area contributed by atoms with Crippen molar-refractivity contribution in [2.75, 3.05) is 0 Å². The van der Waals surface area contributed by atoms with Crippen molar-refractivity contribution >= 4 is 14.3 Å². The molecule has 0 aliphatic heterocycles. The third-order valence-electron chi connectivity index (χ3n) is 5.07. The van der Waals surface area contributed by atoms with Crippen LogP contribution in [0.3, 0.4) is 0 Å². The van der Waals surface area contributed by atoms with Crippen LogP contribution in [0.25, 0.3) is 0 Å². The van der Waals surface area contributed by atoms with Gasteiger partial charge in [-0.05, 0) is 41.4 Å². The number of halogens is 1. The number of hydrogen-bond donors (Lipinski definition) is 2. The predicted octanol–water partition coefficient (Wildman–Crippen LogP) is 3.95. The summed E-state index contributed by atoms with van der Waals surface area (Å²) < 4.78 is 20.0. The Kier molecular flexibility index (Phi) is 4.47. The summed E-state index contributed by atoms with van der Waals surface area (Å²) in [6.45, 7) is 10.5. The quantitative estimate of drug-likeness (QED) is 0.814. The number of carboxylic acid groups (broad SMARTS) is 1. The van der Waals surface area contributed by atoms with Crippen LogP contribution in [0.5, 0.6) is 0 Å². The third kappa shape index (κ3) is 3.49. The van der Waals surface area contributed by atoms with E-state index in [2.05, 4.69) is 33.9 Å². The highest BCUT2D eigenvalue weighted by Crippen LogP contribution is 2.50. The lowest BCUT2D eigenvalue weighted by Crippen LogP contribution is -2.41. The highest BCUT2D eigenvalue weighted by molar-refractivity contribution is 6.74. The average Bonchev–Trinajstić information content (AvgIpc) is 2.59. The molecule has 2 unspecified atom stereocenters. The van der Waals surface area contributed by atoms with Gasteiger partial charge in [0.2, 0.25) is 0 Å². The Balaban J connectivity index is 2.41. The van der Waals surface area contributed by atoms with Crippen molar-refractivity contribution in [1.82, 2.24) is 0 Å². The van der Waals surface area contributed by atoms with E-state index in [4.69, 9.17) is 9.53 Å². The van der Waals surface area contributed by atoms with Gasteiger partial charge in [0.25, 0.3) is 0 Å². The lowest BCUT2D eigenvalue weighted by atomic mass is 9.92. The zero-order valence-corrected chi connectivity index (χ0v) is 15.3. The predicted molar refractivity (Wildman–Crippen MR) is 88.2 cm³/mol. The molecule has 0 saturated heterocycles. The van der Waals surface area contributed by atoms with Crippen LogP contribution in [-0.2, 0) is 14.8 Å². The Morgan fingerprint density at radius 3 is 2.57 bits per heavy atom. The molecule has 1 aliphatic rings. The molecule has 23 heavy (non-hydrogen) atoms. The van der Waals surface area contributed by atoms with Gasteiger partial charge < -0.3 is 14.6 Å². The third-order valence-corrected chi connectivity index (χ3v) is 9.56. The lowest BCUT2D eigenvalue weighted by molar-refractivity contribution is -0.143. The second-order valence-corrected chi connectivity index (χ2v) is 12.7. The van der Waals surface area contributed by atoms with Crippen molar-refractivity contribution in [3.05, 3.63) is 35.1 Å². The van der Waals surface area contributed by atoms with E-state index in [9.17, 15) is 14.3 Å². The van der Waals surface area contributed by atoms with Gasteiger partial charge in [-0.15, -0.1) is 0 Å². The Labute approximate surface area is 137 Å². The van der Waals surface area contributed by atoms with Crippen LogP contribution in [0.2, 0.25) is 18.1 Å². The molecule has 128 valence electrons. The molecule has 1 aromatic rings. The number of aliphatic carboxylic acids is 1. The summed E-state index contributed by atoms with van der Waals surface area (Å²) in [5.74, 6) is -1.60. The molecule has 0 radical (unpaired) electrons. The van der Waals surface area contributed by atoms with E-state index in [0.717, 1.165) is 0 Å². The topological polar surface area (TPSA) is 66.8 Å². The normalized spacial score (nSPS) is 24.6. The van der Waals surface area contributed by atoms with Gasteiger partial charge in [0.05, 0.1) is 12.5 Å². The first-order chi connectivity index (χ1) is 10.4. The van der Waals surface area contributed by atoms with Crippen molar-refractivity contribution < 1.29 is 23.8 Å². The van der Waals surface area contributed by atoms with Gasteiger partial charge in [-0.25, -0.2) is 4.39 Å². The molecule has 0 fully saturated rings. The van der Waals surface area contributed by atoms with Gasteiger partial charge in [-0.3, -0.25) is 4.79 Å². The van der Waals surface area contributed by atoms with Crippen molar-refractivity contribution in [1.29, 1.82) is 0 Å². The summed E-state index contributed by atoms with van der Waals surface area (Å²) in [7, 11) is -2.11. The zero-order valence-electron chi connectivity index (χ0n) is 14.3. The van der Waals surface area contributed by atoms with Crippen molar-refractivity contribution in [2.24, 2.45) is 0 Å². The fourth-order valence-corrected chi connectivity index (χ4v) is 4.07. The van der Waals surface area contributed by atoms with E-state index >= 15 is 0 Å². The summed E-state index contributed by atoms with van der Waals surface area (Å²) in [4.78, 5) is 11.1. The summed E-state index contributed by atoms with van der Waals surface area (Å²) in [6, 6.07) is 4.16. The van der Waals surface area contributed by atoms with Crippen LogP contribution in [0.1, 0.15) is 50.8 Å². The van der Waals surface area contributed by atoms with Crippen LogP contribution >= 0.6 is 0 Å². The minimum atomic E-state index is -2.11. The molecule has 0 saturated carbocycles. The van der Waals surface area contributed by atoms with Gasteiger partial charge in [-0.2, -0.15) is 0 Å². The Morgan fingerprint density at radius 2 is 2.04 bits per heavy atom. The van der Waals surface area contributed by atoms with E-state index < -0.39 is 38.2 Å². The molecule has 2 rings (SSSR count). The minimum absolute atomic E-state index is 0.0132. The number of carbonyl (C=O) groups is 1. The van der Waals surface area contributed by atoms with Gasteiger partial charge in [0, 0.05) is 6.42 Å². The number of aliphatic hydroxyl groups is 1. The smallest absolute Gasteiger partial charge is 0.306 e. The highest BCUT2D eigenvalue weighted by atomic mass is 28.4. The van der Waals surface area contributed by atoms with E-state index in [1.807, 2.05) is 0 Å². The molecule has 0 spiro atoms. The zero-order chi connectivity index (χ0) is 17.6. The van der Waals surface area contributed by atoms with Crippen LogP contribution in [-0.4, -0.2) is 24.5 Å². The SMILES string of the molecule is CC(C)(C)[Si](C)(C)OC1CC(O)(CC(=O)O)c2cc(F)ccc21. The second-order valence-electron chi connectivity index (χ2n) is 7.90. The Bertz CT molecular complexity index is 624. The van der Waals surface area contributed by atoms with Gasteiger partial charge in [-0.1, -0.05) is 26.8 Å². The second kappa shape index (κ2) is 5.68. The molecule has 0 bridgehead atoms. The van der Waals surface area contributed by atoms with Gasteiger partial charge in [0.15, 0.2) is 8.32 Å². The molecule has 6 heteroatoms. The molecule has 0 aromatic heterocycles. The number of rotatable bonds is 4. The fourth-order valence-electron chi connectivity index (χ4n) is 2.79. The monoisotopic (exact) mass is 340 g/mol. The first-order valence-electron chi connectivity index (χ1n) is 7.78. The minimum Gasteiger partial charge on any atom is -0.481 e. The molecule has 4 nitrogen and oxygen atoms in total. The molecule has 0 amide bonds. The Morgan fingerprint density at radius 1 is 1.43 bits per heavy atom. The van der Waals surface area contributed by atoms with Gasteiger partial charge >= 0.3 is 5.97 Å². The van der Waals surface area contributed by atoms with E-state index in [-0.39, 0.29) is 11.5 Å². The fraction of sp³-hybridized carbons (Fsp3) is 0.588. The van der Waals surface area contributed by atoms with Crippen LogP contribution in [0.15, 0.2) is 18.2 Å². The maximum atomic E-state index is 13.6. The van der Waals surface area contributed by atoms with E-state index in [0.29, 0.717) is 11.1 Å². The summed E-state index contributed by atoms with van der Waals surface area (Å²) in [5, 5.41) is 19.9. The molecular formula is C17H25FO4Si. The van der Waals surface area contributed by atoms with Crippen molar-refractivity contribution in [2.45, 2.75) is 63.5 Å². The molecule has 0 heterocycles. The number of hydrogen-bond acceptors (Lipinski definition) is 3. The van der Waals surface area contributed by atoms with E-state index in [1.54, 1.807) is 6.07 Å². The number of benzene rings is 1. The summed E-state index contributed by atoms with van der Waals surface area (Å²) >= 11 is 0. The molecule has 2 atom stereocenters. The molecule has 2 N–H and O–H groups in total. The van der Waals surface area contributed by atoms with Crippen LogP contribution in [0.4, 0.5) is 4.39 Å². The first-order valence-corrected chi connectivity index (χ1v) is 10.7. The maximum absolute atomic E-state index is 13.6. The maximum Gasteiger partial charge on any atom is 0.306 e. The molecular weight excluding hydrogens is 315 g/mol. The Hall–Kier alpha value is -1.24. The summed E-state index contributed by atoms with van der Waals surface area (Å²) in [5.41, 5.74) is -0.556. The summed E-state index contributed by atoms with van der Waals surface area (Å²) in [6.07, 6.45) is -0.721. The number of carboxylic acids is 1. The largest absolute Gasteiger partial charge is 0.481 e. The molecule has 1 aliphatic carbocycles. The highest BCUT2D eigenvalue weighted by Gasteiger charge is 2.48. The first kappa shape index (κ1) is 18.1.